The summed E-state index contributed by atoms with van der Waals surface area (Å²) in [4.78, 5) is 28.3. The third-order valence-corrected chi connectivity index (χ3v) is 5.49. The Morgan fingerprint density at radius 2 is 1.72 bits per heavy atom. The molecule has 0 spiro atoms. The first-order valence-electron chi connectivity index (χ1n) is 10.0. The van der Waals surface area contributed by atoms with E-state index in [1.165, 1.54) is 0 Å². The fourth-order valence-electron chi connectivity index (χ4n) is 3.66. The number of amides is 1. The summed E-state index contributed by atoms with van der Waals surface area (Å²) in [6.07, 6.45) is 1.46. The Hall–Kier alpha value is -2.80. The van der Waals surface area contributed by atoms with Gasteiger partial charge in [-0.2, -0.15) is 0 Å². The van der Waals surface area contributed by atoms with Crippen LogP contribution < -0.4 is 5.56 Å². The van der Waals surface area contributed by atoms with Crippen molar-refractivity contribution in [2.45, 2.75) is 33.9 Å². The van der Waals surface area contributed by atoms with Gasteiger partial charge in [-0.15, -0.1) is 0 Å². The summed E-state index contributed by atoms with van der Waals surface area (Å²) in [6.45, 7) is 9.60. The van der Waals surface area contributed by atoms with Crippen LogP contribution in [0.1, 0.15) is 29.2 Å². The first-order chi connectivity index (χ1) is 13.9. The molecule has 1 aliphatic heterocycles. The summed E-state index contributed by atoms with van der Waals surface area (Å²) in [6, 6.07) is 7.86. The third-order valence-electron chi connectivity index (χ3n) is 5.49. The van der Waals surface area contributed by atoms with Gasteiger partial charge in [0.2, 0.25) is 0 Å². The summed E-state index contributed by atoms with van der Waals surface area (Å²) in [5, 5.41) is 10.5. The number of rotatable bonds is 5. The number of carbonyl (C=O) groups excluding carboxylic acids is 1. The van der Waals surface area contributed by atoms with Crippen LogP contribution in [0, 0.1) is 13.8 Å². The molecule has 29 heavy (non-hydrogen) atoms. The number of piperazine rings is 1. The summed E-state index contributed by atoms with van der Waals surface area (Å²) >= 11 is 0. The van der Waals surface area contributed by atoms with E-state index in [0.717, 1.165) is 16.7 Å². The number of carbonyl (C=O) groups is 1. The highest BCUT2D eigenvalue weighted by atomic mass is 16.6. The lowest BCUT2D eigenvalue weighted by atomic mass is 10.0. The second kappa shape index (κ2) is 9.13. The summed E-state index contributed by atoms with van der Waals surface area (Å²) in [5.41, 5.74) is 3.57. The molecular weight excluding hydrogens is 370 g/mol. The quantitative estimate of drug-likeness (QED) is 0.836. The molecule has 1 saturated heterocycles. The Kier molecular flexibility index (Phi) is 6.59. The van der Waals surface area contributed by atoms with Gasteiger partial charge in [0, 0.05) is 44.5 Å². The van der Waals surface area contributed by atoms with Gasteiger partial charge in [0.05, 0.1) is 13.2 Å². The van der Waals surface area contributed by atoms with Gasteiger partial charge >= 0.3 is 6.09 Å². The average Bonchev–Trinajstić information content (AvgIpc) is 2.70. The lowest BCUT2D eigenvalue weighted by Crippen LogP contribution is -2.48. The van der Waals surface area contributed by atoms with Crippen LogP contribution >= 0.6 is 0 Å². The van der Waals surface area contributed by atoms with Crippen molar-refractivity contribution >= 4 is 6.09 Å². The molecular formula is C22H29N3O4. The van der Waals surface area contributed by atoms with Crippen molar-refractivity contribution in [1.82, 2.24) is 14.4 Å². The number of aromatic nitrogens is 1. The molecule has 0 atom stereocenters. The maximum Gasteiger partial charge on any atom is 0.409 e. The molecule has 1 aliphatic rings. The van der Waals surface area contributed by atoms with Crippen LogP contribution in [0.25, 0.3) is 0 Å². The van der Waals surface area contributed by atoms with Crippen LogP contribution in [0.3, 0.4) is 0 Å². The zero-order chi connectivity index (χ0) is 21.0. The largest absolute Gasteiger partial charge is 0.503 e. The van der Waals surface area contributed by atoms with E-state index in [1.807, 2.05) is 38.1 Å². The smallest absolute Gasteiger partial charge is 0.409 e. The number of nitrogens with zero attached hydrogens (tertiary/aromatic N) is 3. The number of pyridine rings is 1. The Bertz CT molecular complexity index is 910. The van der Waals surface area contributed by atoms with Crippen molar-refractivity contribution < 1.29 is 14.6 Å². The Morgan fingerprint density at radius 1 is 1.07 bits per heavy atom. The van der Waals surface area contributed by atoms with Crippen molar-refractivity contribution in [2.24, 2.45) is 0 Å². The van der Waals surface area contributed by atoms with Gasteiger partial charge in [-0.05, 0) is 43.5 Å². The van der Waals surface area contributed by atoms with Gasteiger partial charge in [0.15, 0.2) is 5.75 Å². The predicted octanol–water partition coefficient (Wildman–Crippen LogP) is 2.49. The van der Waals surface area contributed by atoms with E-state index >= 15 is 0 Å². The van der Waals surface area contributed by atoms with E-state index in [9.17, 15) is 14.7 Å². The minimum Gasteiger partial charge on any atom is -0.503 e. The van der Waals surface area contributed by atoms with E-state index in [0.29, 0.717) is 51.4 Å². The lowest BCUT2D eigenvalue weighted by molar-refractivity contribution is 0.0776. The second-order valence-electron chi connectivity index (χ2n) is 7.46. The molecule has 2 heterocycles. The van der Waals surface area contributed by atoms with E-state index in [2.05, 4.69) is 4.90 Å². The number of hydrogen-bond donors (Lipinski definition) is 1. The van der Waals surface area contributed by atoms with Crippen LogP contribution in [-0.4, -0.2) is 58.4 Å². The molecule has 1 aromatic heterocycles. The van der Waals surface area contributed by atoms with Gasteiger partial charge in [0.1, 0.15) is 0 Å². The SMILES string of the molecule is CCOC(=O)N1CCN(Cc2ccn(Cc3c(C)cccc3C)c(=O)c2O)CC1. The summed E-state index contributed by atoms with van der Waals surface area (Å²) in [5.74, 6) is -0.202. The zero-order valence-electron chi connectivity index (χ0n) is 17.4. The predicted molar refractivity (Wildman–Crippen MR) is 111 cm³/mol. The molecule has 156 valence electrons. The highest BCUT2D eigenvalue weighted by molar-refractivity contribution is 5.67. The minimum absolute atomic E-state index is 0.202. The molecule has 0 aliphatic carbocycles. The molecule has 0 bridgehead atoms. The molecule has 3 rings (SSSR count). The van der Waals surface area contributed by atoms with E-state index in [1.54, 1.807) is 22.6 Å². The van der Waals surface area contributed by atoms with Crippen molar-refractivity contribution in [3.05, 3.63) is 63.1 Å². The molecule has 1 fully saturated rings. The number of benzene rings is 1. The molecule has 0 saturated carbocycles. The van der Waals surface area contributed by atoms with Gasteiger partial charge in [-0.3, -0.25) is 9.69 Å². The fourth-order valence-corrected chi connectivity index (χ4v) is 3.66. The van der Waals surface area contributed by atoms with Gasteiger partial charge in [-0.25, -0.2) is 4.79 Å². The van der Waals surface area contributed by atoms with Crippen molar-refractivity contribution in [3.63, 3.8) is 0 Å². The van der Waals surface area contributed by atoms with Crippen LogP contribution in [0.2, 0.25) is 0 Å². The van der Waals surface area contributed by atoms with Crippen LogP contribution in [0.15, 0.2) is 35.3 Å². The van der Waals surface area contributed by atoms with Gasteiger partial charge in [-0.1, -0.05) is 18.2 Å². The molecule has 1 aromatic carbocycles. The van der Waals surface area contributed by atoms with E-state index in [-0.39, 0.29) is 17.4 Å². The van der Waals surface area contributed by atoms with E-state index < -0.39 is 0 Å². The first kappa shape index (κ1) is 20.9. The lowest BCUT2D eigenvalue weighted by Gasteiger charge is -2.34. The van der Waals surface area contributed by atoms with Crippen LogP contribution in [-0.2, 0) is 17.8 Å². The summed E-state index contributed by atoms with van der Waals surface area (Å²) in [7, 11) is 0. The monoisotopic (exact) mass is 399 g/mol. The zero-order valence-corrected chi connectivity index (χ0v) is 17.4. The van der Waals surface area contributed by atoms with Crippen molar-refractivity contribution in [1.29, 1.82) is 0 Å². The number of hydrogen-bond acceptors (Lipinski definition) is 5. The van der Waals surface area contributed by atoms with Crippen molar-refractivity contribution in [3.8, 4) is 5.75 Å². The highest BCUT2D eigenvalue weighted by Gasteiger charge is 2.23. The number of aromatic hydroxyl groups is 1. The highest BCUT2D eigenvalue weighted by Crippen LogP contribution is 2.18. The maximum atomic E-state index is 12.7. The molecule has 1 amide bonds. The minimum atomic E-state index is -0.379. The topological polar surface area (TPSA) is 75.0 Å². The van der Waals surface area contributed by atoms with E-state index in [4.69, 9.17) is 4.74 Å². The normalized spacial score (nSPS) is 14.8. The standard InChI is InChI=1S/C22H29N3O4/c1-4-29-22(28)24-12-10-23(11-13-24)14-18-8-9-25(21(27)20(18)26)15-19-16(2)6-5-7-17(19)3/h5-9,26H,4,10-15H2,1-3H3. The molecule has 7 nitrogen and oxygen atoms in total. The van der Waals surface area contributed by atoms with Crippen LogP contribution in [0.5, 0.6) is 5.75 Å². The molecule has 1 N–H and O–H groups in total. The number of aryl methyl sites for hydroxylation is 2. The molecule has 7 heteroatoms. The Morgan fingerprint density at radius 3 is 2.34 bits per heavy atom. The average molecular weight is 399 g/mol. The number of ether oxygens (including phenoxy) is 1. The first-order valence-corrected chi connectivity index (χ1v) is 10.0. The fraction of sp³-hybridized carbons (Fsp3) is 0.455. The summed E-state index contributed by atoms with van der Waals surface area (Å²) < 4.78 is 6.58. The van der Waals surface area contributed by atoms with Gasteiger partial charge < -0.3 is 19.3 Å². The Balaban J connectivity index is 1.68. The van der Waals surface area contributed by atoms with Gasteiger partial charge in [0.25, 0.3) is 5.56 Å². The van der Waals surface area contributed by atoms with Crippen molar-refractivity contribution in [2.75, 3.05) is 32.8 Å². The molecule has 0 radical (unpaired) electrons. The second-order valence-corrected chi connectivity index (χ2v) is 7.46. The van der Waals surface area contributed by atoms with Crippen LogP contribution in [0.4, 0.5) is 4.79 Å². The maximum absolute atomic E-state index is 12.7. The Labute approximate surface area is 171 Å². The molecule has 2 aromatic rings. The molecule has 0 unspecified atom stereocenters. The third kappa shape index (κ3) is 4.79.